The van der Waals surface area contributed by atoms with Crippen molar-refractivity contribution in [1.29, 1.82) is 5.26 Å². The summed E-state index contributed by atoms with van der Waals surface area (Å²) in [5.41, 5.74) is 0.820. The van der Waals surface area contributed by atoms with Crippen molar-refractivity contribution in [2.45, 2.75) is 6.92 Å². The number of carbonyl (C=O) groups is 1. The number of rotatable bonds is 3. The predicted octanol–water partition coefficient (Wildman–Crippen LogP) is 2.98. The van der Waals surface area contributed by atoms with Crippen LogP contribution in [0.3, 0.4) is 0 Å². The Morgan fingerprint density at radius 1 is 1.80 bits per heavy atom. The van der Waals surface area contributed by atoms with Crippen molar-refractivity contribution >= 4 is 39.3 Å². The lowest BCUT2D eigenvalue weighted by Gasteiger charge is -1.98. The largest absolute Gasteiger partial charge is 0.462 e. The quantitative estimate of drug-likeness (QED) is 0.487. The molecular weight excluding hydrogens is 278 g/mol. The lowest BCUT2D eigenvalue weighted by molar-refractivity contribution is -0.137. The van der Waals surface area contributed by atoms with Crippen LogP contribution >= 0.6 is 27.3 Å². The lowest BCUT2D eigenvalue weighted by atomic mass is 10.2. The van der Waals surface area contributed by atoms with Crippen LogP contribution in [0.4, 0.5) is 0 Å². The molecule has 3 nitrogen and oxygen atoms in total. The highest BCUT2D eigenvalue weighted by Crippen LogP contribution is 2.25. The number of nitrogens with zero attached hydrogens (tertiary/aromatic N) is 1. The summed E-state index contributed by atoms with van der Waals surface area (Å²) in [7, 11) is 0. The molecule has 0 saturated heterocycles. The van der Waals surface area contributed by atoms with Gasteiger partial charge in [-0.1, -0.05) is 0 Å². The van der Waals surface area contributed by atoms with E-state index in [-0.39, 0.29) is 12.2 Å². The van der Waals surface area contributed by atoms with Crippen LogP contribution in [0.2, 0.25) is 0 Å². The maximum Gasteiger partial charge on any atom is 0.348 e. The van der Waals surface area contributed by atoms with E-state index < -0.39 is 5.97 Å². The van der Waals surface area contributed by atoms with Crippen LogP contribution in [0.5, 0.6) is 0 Å². The topological polar surface area (TPSA) is 50.1 Å². The molecule has 0 unspecified atom stereocenters. The van der Waals surface area contributed by atoms with Crippen molar-refractivity contribution in [2.24, 2.45) is 0 Å². The molecule has 0 spiro atoms. The average Bonchev–Trinajstić information content (AvgIpc) is 2.61. The molecule has 1 aromatic heterocycles. The molecule has 15 heavy (non-hydrogen) atoms. The first-order valence-electron chi connectivity index (χ1n) is 4.21. The third kappa shape index (κ3) is 3.18. The Morgan fingerprint density at radius 2 is 2.53 bits per heavy atom. The molecule has 0 saturated carbocycles. The Kier molecular flexibility index (Phi) is 4.53. The van der Waals surface area contributed by atoms with Crippen LogP contribution < -0.4 is 0 Å². The number of esters is 1. The van der Waals surface area contributed by atoms with Gasteiger partial charge in [-0.25, -0.2) is 4.79 Å². The zero-order valence-corrected chi connectivity index (χ0v) is 10.4. The van der Waals surface area contributed by atoms with Crippen LogP contribution in [0.25, 0.3) is 6.08 Å². The van der Waals surface area contributed by atoms with Gasteiger partial charge >= 0.3 is 5.97 Å². The zero-order valence-electron chi connectivity index (χ0n) is 7.99. The van der Waals surface area contributed by atoms with E-state index in [1.807, 2.05) is 17.5 Å². The first-order chi connectivity index (χ1) is 7.19. The Morgan fingerprint density at radius 3 is 3.00 bits per heavy atom. The van der Waals surface area contributed by atoms with Crippen molar-refractivity contribution in [1.82, 2.24) is 0 Å². The number of hydrogen-bond acceptors (Lipinski definition) is 4. The van der Waals surface area contributed by atoms with Gasteiger partial charge in [0.2, 0.25) is 0 Å². The Balaban J connectivity index is 2.94. The summed E-state index contributed by atoms with van der Waals surface area (Å²) in [5.74, 6) is -0.585. The van der Waals surface area contributed by atoms with Gasteiger partial charge in [-0.2, -0.15) is 5.26 Å². The van der Waals surface area contributed by atoms with Gasteiger partial charge in [-0.15, -0.1) is 11.3 Å². The van der Waals surface area contributed by atoms with Crippen LogP contribution in [-0.2, 0) is 9.53 Å². The van der Waals surface area contributed by atoms with Crippen molar-refractivity contribution in [3.8, 4) is 6.07 Å². The molecule has 1 rings (SSSR count). The van der Waals surface area contributed by atoms with E-state index in [4.69, 9.17) is 10.00 Å². The van der Waals surface area contributed by atoms with Crippen LogP contribution in [0.15, 0.2) is 20.8 Å². The van der Waals surface area contributed by atoms with Gasteiger partial charge in [0.25, 0.3) is 0 Å². The molecule has 0 atom stereocenters. The summed E-state index contributed by atoms with van der Waals surface area (Å²) >= 11 is 4.82. The van der Waals surface area contributed by atoms with E-state index in [1.54, 1.807) is 6.92 Å². The number of ether oxygens (including phenoxy) is 1. The fourth-order valence-electron chi connectivity index (χ4n) is 0.907. The molecule has 0 aromatic carbocycles. The first kappa shape index (κ1) is 12.0. The third-order valence-corrected chi connectivity index (χ3v) is 3.30. The number of nitriles is 1. The summed E-state index contributed by atoms with van der Waals surface area (Å²) in [6.07, 6.45) is 1.51. The molecule has 0 bridgehead atoms. The van der Waals surface area contributed by atoms with Gasteiger partial charge in [-0.3, -0.25) is 0 Å². The fraction of sp³-hybridized carbons (Fsp3) is 0.200. The lowest BCUT2D eigenvalue weighted by Crippen LogP contribution is -2.05. The minimum Gasteiger partial charge on any atom is -0.462 e. The van der Waals surface area contributed by atoms with E-state index in [9.17, 15) is 4.79 Å². The van der Waals surface area contributed by atoms with Gasteiger partial charge in [-0.05, 0) is 40.4 Å². The molecule has 0 radical (unpaired) electrons. The second kappa shape index (κ2) is 5.69. The van der Waals surface area contributed by atoms with Crippen molar-refractivity contribution in [3.05, 3.63) is 26.4 Å². The van der Waals surface area contributed by atoms with E-state index in [1.165, 1.54) is 17.4 Å². The Hall–Kier alpha value is -1.12. The third-order valence-electron chi connectivity index (χ3n) is 1.56. The second-order valence-electron chi connectivity index (χ2n) is 2.54. The number of carbonyl (C=O) groups excluding carboxylic acids is 1. The minimum atomic E-state index is -0.585. The van der Waals surface area contributed by atoms with Crippen LogP contribution in [0.1, 0.15) is 12.5 Å². The van der Waals surface area contributed by atoms with Crippen molar-refractivity contribution < 1.29 is 9.53 Å². The van der Waals surface area contributed by atoms with E-state index in [0.29, 0.717) is 0 Å². The molecular formula is C10H8BrNO2S. The number of hydrogen-bond donors (Lipinski definition) is 0. The molecule has 5 heteroatoms. The van der Waals surface area contributed by atoms with Gasteiger partial charge in [0, 0.05) is 5.56 Å². The molecule has 78 valence electrons. The van der Waals surface area contributed by atoms with Gasteiger partial charge < -0.3 is 4.74 Å². The Bertz CT molecular complexity index is 431. The number of thiophene rings is 1. The summed E-state index contributed by atoms with van der Waals surface area (Å²) < 4.78 is 5.63. The maximum atomic E-state index is 11.3. The predicted molar refractivity (Wildman–Crippen MR) is 62.2 cm³/mol. The summed E-state index contributed by atoms with van der Waals surface area (Å²) in [5, 5.41) is 10.7. The summed E-state index contributed by atoms with van der Waals surface area (Å²) in [4.78, 5) is 11.3. The molecule has 1 aromatic rings. The number of halogens is 1. The highest BCUT2D eigenvalue weighted by molar-refractivity contribution is 9.11. The molecule has 0 aliphatic heterocycles. The van der Waals surface area contributed by atoms with Crippen molar-refractivity contribution in [2.75, 3.05) is 6.61 Å². The zero-order chi connectivity index (χ0) is 11.3. The second-order valence-corrected chi connectivity index (χ2v) is 4.77. The summed E-state index contributed by atoms with van der Waals surface area (Å²) in [6, 6.07) is 3.65. The molecule has 0 amide bonds. The molecule has 0 aliphatic rings. The van der Waals surface area contributed by atoms with Crippen molar-refractivity contribution in [3.63, 3.8) is 0 Å². The molecule has 1 heterocycles. The Labute approximate surface area is 100 Å². The average molecular weight is 286 g/mol. The van der Waals surface area contributed by atoms with E-state index in [0.717, 1.165) is 9.35 Å². The molecule has 0 aliphatic carbocycles. The van der Waals surface area contributed by atoms with E-state index >= 15 is 0 Å². The van der Waals surface area contributed by atoms with Gasteiger partial charge in [0.1, 0.15) is 11.6 Å². The highest BCUT2D eigenvalue weighted by Gasteiger charge is 2.10. The van der Waals surface area contributed by atoms with Crippen LogP contribution in [0, 0.1) is 11.3 Å². The SMILES string of the molecule is CCOC(=O)/C(C#N)=C/c1ccsc1Br. The smallest absolute Gasteiger partial charge is 0.348 e. The maximum absolute atomic E-state index is 11.3. The minimum absolute atomic E-state index is 0.0101. The van der Waals surface area contributed by atoms with Gasteiger partial charge in [0.15, 0.2) is 0 Å². The first-order valence-corrected chi connectivity index (χ1v) is 5.88. The normalized spacial score (nSPS) is 10.9. The fourth-order valence-corrected chi connectivity index (χ4v) is 2.07. The molecule has 0 N–H and O–H groups in total. The highest BCUT2D eigenvalue weighted by atomic mass is 79.9. The standard InChI is InChI=1S/C10H8BrNO2S/c1-2-14-10(13)8(6-12)5-7-3-4-15-9(7)11/h3-5H,2H2,1H3/b8-5+. The monoisotopic (exact) mass is 285 g/mol. The van der Waals surface area contributed by atoms with Crippen LogP contribution in [-0.4, -0.2) is 12.6 Å². The molecule has 0 fully saturated rings. The van der Waals surface area contributed by atoms with E-state index in [2.05, 4.69) is 15.9 Å². The summed E-state index contributed by atoms with van der Waals surface area (Å²) in [6.45, 7) is 1.97. The van der Waals surface area contributed by atoms with Gasteiger partial charge in [0.05, 0.1) is 10.4 Å².